The molecule has 0 bridgehead atoms. The standard InChI is InChI=1S/C13H13FN2O2/c1-8(2)16-12(10(7-15-16)13(17)18)9-5-3-4-6-11(9)14/h3-8H,1-2H3,(H,17,18). The molecule has 0 saturated heterocycles. The number of hydrogen-bond donors (Lipinski definition) is 1. The molecule has 0 radical (unpaired) electrons. The fraction of sp³-hybridized carbons (Fsp3) is 0.231. The van der Waals surface area contributed by atoms with Crippen LogP contribution in [0.3, 0.4) is 0 Å². The minimum atomic E-state index is -1.11. The molecule has 5 heteroatoms. The maximum atomic E-state index is 13.8. The summed E-state index contributed by atoms with van der Waals surface area (Å²) >= 11 is 0. The molecule has 0 spiro atoms. The van der Waals surface area contributed by atoms with Crippen molar-refractivity contribution in [2.24, 2.45) is 0 Å². The number of carbonyl (C=O) groups is 1. The van der Waals surface area contributed by atoms with Crippen LogP contribution >= 0.6 is 0 Å². The van der Waals surface area contributed by atoms with Gasteiger partial charge < -0.3 is 5.11 Å². The quantitative estimate of drug-likeness (QED) is 0.908. The summed E-state index contributed by atoms with van der Waals surface area (Å²) in [6.07, 6.45) is 1.25. The highest BCUT2D eigenvalue weighted by Crippen LogP contribution is 2.28. The molecular weight excluding hydrogens is 235 g/mol. The van der Waals surface area contributed by atoms with Gasteiger partial charge in [-0.1, -0.05) is 12.1 Å². The van der Waals surface area contributed by atoms with Crippen LogP contribution in [0.1, 0.15) is 30.2 Å². The predicted octanol–water partition coefficient (Wildman–Crippen LogP) is 2.97. The van der Waals surface area contributed by atoms with E-state index >= 15 is 0 Å². The second kappa shape index (κ2) is 4.60. The first-order valence-electron chi connectivity index (χ1n) is 5.58. The van der Waals surface area contributed by atoms with E-state index in [-0.39, 0.29) is 17.2 Å². The van der Waals surface area contributed by atoms with Crippen molar-refractivity contribution in [1.29, 1.82) is 0 Å². The first kappa shape index (κ1) is 12.3. The van der Waals surface area contributed by atoms with Crippen LogP contribution in [0, 0.1) is 5.82 Å². The Morgan fingerprint density at radius 3 is 2.61 bits per heavy atom. The highest BCUT2D eigenvalue weighted by molar-refractivity contribution is 5.94. The Morgan fingerprint density at radius 1 is 1.39 bits per heavy atom. The third-order valence-corrected chi connectivity index (χ3v) is 2.64. The van der Waals surface area contributed by atoms with E-state index in [1.54, 1.807) is 18.2 Å². The number of carboxylic acid groups (broad SMARTS) is 1. The number of nitrogens with zero attached hydrogens (tertiary/aromatic N) is 2. The Hall–Kier alpha value is -2.17. The Kier molecular flexibility index (Phi) is 3.14. The number of aromatic carboxylic acids is 1. The van der Waals surface area contributed by atoms with Gasteiger partial charge in [0.15, 0.2) is 0 Å². The van der Waals surface area contributed by atoms with Gasteiger partial charge in [-0.15, -0.1) is 0 Å². The van der Waals surface area contributed by atoms with Crippen LogP contribution in [0.25, 0.3) is 11.3 Å². The maximum absolute atomic E-state index is 13.8. The molecule has 2 rings (SSSR count). The van der Waals surface area contributed by atoms with Crippen molar-refractivity contribution in [3.8, 4) is 11.3 Å². The molecule has 0 fully saturated rings. The van der Waals surface area contributed by atoms with Gasteiger partial charge in [-0.3, -0.25) is 4.68 Å². The number of hydrogen-bond acceptors (Lipinski definition) is 2. The van der Waals surface area contributed by atoms with E-state index in [4.69, 9.17) is 5.11 Å². The summed E-state index contributed by atoms with van der Waals surface area (Å²) in [4.78, 5) is 11.2. The van der Waals surface area contributed by atoms with E-state index in [9.17, 15) is 9.18 Å². The van der Waals surface area contributed by atoms with E-state index in [1.165, 1.54) is 16.9 Å². The summed E-state index contributed by atoms with van der Waals surface area (Å²) in [6.45, 7) is 3.73. The molecule has 2 aromatic rings. The van der Waals surface area contributed by atoms with Gasteiger partial charge in [0.1, 0.15) is 11.4 Å². The number of aromatic nitrogens is 2. The van der Waals surface area contributed by atoms with Crippen molar-refractivity contribution in [2.45, 2.75) is 19.9 Å². The third-order valence-electron chi connectivity index (χ3n) is 2.64. The molecule has 0 aliphatic heterocycles. The average molecular weight is 248 g/mol. The largest absolute Gasteiger partial charge is 0.478 e. The van der Waals surface area contributed by atoms with E-state index in [2.05, 4.69) is 5.10 Å². The molecule has 1 heterocycles. The number of carboxylic acids is 1. The molecule has 18 heavy (non-hydrogen) atoms. The zero-order valence-electron chi connectivity index (χ0n) is 10.1. The molecule has 1 aromatic heterocycles. The van der Waals surface area contributed by atoms with Gasteiger partial charge in [0.25, 0.3) is 0 Å². The van der Waals surface area contributed by atoms with E-state index in [1.807, 2.05) is 13.8 Å². The van der Waals surface area contributed by atoms with Crippen molar-refractivity contribution < 1.29 is 14.3 Å². The number of benzene rings is 1. The zero-order valence-corrected chi connectivity index (χ0v) is 10.1. The molecule has 0 aliphatic rings. The Balaban J connectivity index is 2.72. The first-order chi connectivity index (χ1) is 8.52. The average Bonchev–Trinajstić information content (AvgIpc) is 2.74. The fourth-order valence-corrected chi connectivity index (χ4v) is 1.83. The minimum Gasteiger partial charge on any atom is -0.478 e. The van der Waals surface area contributed by atoms with Gasteiger partial charge in [0, 0.05) is 11.6 Å². The zero-order chi connectivity index (χ0) is 13.3. The molecule has 1 N–H and O–H groups in total. The highest BCUT2D eigenvalue weighted by atomic mass is 19.1. The highest BCUT2D eigenvalue weighted by Gasteiger charge is 2.21. The summed E-state index contributed by atoms with van der Waals surface area (Å²) in [5.74, 6) is -1.57. The van der Waals surface area contributed by atoms with Crippen molar-refractivity contribution >= 4 is 5.97 Å². The van der Waals surface area contributed by atoms with Crippen molar-refractivity contribution in [3.63, 3.8) is 0 Å². The van der Waals surface area contributed by atoms with Crippen LogP contribution in [-0.2, 0) is 0 Å². The smallest absolute Gasteiger partial charge is 0.339 e. The molecule has 0 unspecified atom stereocenters. The van der Waals surface area contributed by atoms with Crippen molar-refractivity contribution in [2.75, 3.05) is 0 Å². The third kappa shape index (κ3) is 1.99. The van der Waals surface area contributed by atoms with Gasteiger partial charge in [0.2, 0.25) is 0 Å². The summed E-state index contributed by atoms with van der Waals surface area (Å²) in [5, 5.41) is 13.2. The normalized spacial score (nSPS) is 10.9. The molecule has 0 atom stereocenters. The molecule has 94 valence electrons. The maximum Gasteiger partial charge on any atom is 0.339 e. The SMILES string of the molecule is CC(C)n1ncc(C(=O)O)c1-c1ccccc1F. The first-order valence-corrected chi connectivity index (χ1v) is 5.58. The summed E-state index contributed by atoms with van der Waals surface area (Å²) < 4.78 is 15.3. The molecular formula is C13H13FN2O2. The monoisotopic (exact) mass is 248 g/mol. The predicted molar refractivity (Wildman–Crippen MR) is 65.0 cm³/mol. The lowest BCUT2D eigenvalue weighted by molar-refractivity contribution is 0.0697. The molecule has 1 aromatic carbocycles. The Bertz CT molecular complexity index is 590. The number of rotatable bonds is 3. The van der Waals surface area contributed by atoms with Crippen molar-refractivity contribution in [3.05, 3.63) is 41.8 Å². The van der Waals surface area contributed by atoms with Crippen LogP contribution in [0.4, 0.5) is 4.39 Å². The van der Waals surface area contributed by atoms with Gasteiger partial charge in [-0.2, -0.15) is 5.10 Å². The van der Waals surface area contributed by atoms with E-state index in [0.717, 1.165) is 0 Å². The van der Waals surface area contributed by atoms with Crippen LogP contribution in [-0.4, -0.2) is 20.9 Å². The number of halogens is 1. The lowest BCUT2D eigenvalue weighted by atomic mass is 10.1. The lowest BCUT2D eigenvalue weighted by Gasteiger charge is -2.12. The van der Waals surface area contributed by atoms with Crippen LogP contribution in [0.15, 0.2) is 30.5 Å². The molecule has 0 saturated carbocycles. The van der Waals surface area contributed by atoms with Gasteiger partial charge in [0.05, 0.1) is 11.9 Å². The molecule has 0 aliphatic carbocycles. The second-order valence-corrected chi connectivity index (χ2v) is 4.23. The minimum absolute atomic E-state index is 0.00815. The Morgan fingerprint density at radius 2 is 2.06 bits per heavy atom. The topological polar surface area (TPSA) is 55.1 Å². The Labute approximate surface area is 104 Å². The van der Waals surface area contributed by atoms with Gasteiger partial charge in [-0.05, 0) is 26.0 Å². The molecule has 4 nitrogen and oxygen atoms in total. The summed E-state index contributed by atoms with van der Waals surface area (Å²) in [6, 6.07) is 6.04. The summed E-state index contributed by atoms with van der Waals surface area (Å²) in [7, 11) is 0. The lowest BCUT2D eigenvalue weighted by Crippen LogP contribution is -2.07. The van der Waals surface area contributed by atoms with Crippen LogP contribution < -0.4 is 0 Å². The van der Waals surface area contributed by atoms with Crippen molar-refractivity contribution in [1.82, 2.24) is 9.78 Å². The van der Waals surface area contributed by atoms with Crippen LogP contribution in [0.5, 0.6) is 0 Å². The molecule has 0 amide bonds. The van der Waals surface area contributed by atoms with Gasteiger partial charge >= 0.3 is 5.97 Å². The van der Waals surface area contributed by atoms with Gasteiger partial charge in [-0.25, -0.2) is 9.18 Å². The second-order valence-electron chi connectivity index (χ2n) is 4.23. The van der Waals surface area contributed by atoms with E-state index in [0.29, 0.717) is 5.69 Å². The van der Waals surface area contributed by atoms with E-state index < -0.39 is 11.8 Å². The summed E-state index contributed by atoms with van der Waals surface area (Å²) in [5.41, 5.74) is 0.561. The fourth-order valence-electron chi connectivity index (χ4n) is 1.83. The van der Waals surface area contributed by atoms with Crippen LogP contribution in [0.2, 0.25) is 0 Å².